The van der Waals surface area contributed by atoms with Crippen LogP contribution in [0, 0.1) is 26.7 Å². The molecule has 3 nitrogen and oxygen atoms in total. The Morgan fingerprint density at radius 1 is 1.00 bits per heavy atom. The van der Waals surface area contributed by atoms with Crippen molar-refractivity contribution in [2.24, 2.45) is 5.92 Å². The summed E-state index contributed by atoms with van der Waals surface area (Å²) in [5.74, 6) is 0.552. The van der Waals surface area contributed by atoms with E-state index in [1.54, 1.807) is 0 Å². The van der Waals surface area contributed by atoms with E-state index >= 15 is 0 Å². The van der Waals surface area contributed by atoms with Gasteiger partial charge in [0.15, 0.2) is 0 Å². The number of carbonyl (C=O) groups excluding carboxylic acids is 1. The maximum Gasteiger partial charge on any atom is 0.225 e. The molecule has 1 heterocycles. The topological polar surface area (TPSA) is 23.6 Å². The summed E-state index contributed by atoms with van der Waals surface area (Å²) in [6.45, 7) is 14.3. The normalized spacial score (nSPS) is 15.5. The van der Waals surface area contributed by atoms with E-state index < -0.39 is 0 Å². The fourth-order valence-electron chi connectivity index (χ4n) is 3.72. The van der Waals surface area contributed by atoms with Gasteiger partial charge in [0.1, 0.15) is 0 Å². The zero-order chi connectivity index (χ0) is 16.3. The van der Waals surface area contributed by atoms with Crippen LogP contribution in [0.15, 0.2) is 12.1 Å². The van der Waals surface area contributed by atoms with E-state index in [1.807, 2.05) is 0 Å². The van der Waals surface area contributed by atoms with Crippen LogP contribution < -0.4 is 4.90 Å². The van der Waals surface area contributed by atoms with E-state index in [9.17, 15) is 4.79 Å². The van der Waals surface area contributed by atoms with Gasteiger partial charge in [-0.05, 0) is 44.7 Å². The van der Waals surface area contributed by atoms with Crippen molar-refractivity contribution in [1.82, 2.24) is 4.90 Å². The number of aryl methyl sites for hydroxylation is 3. The predicted molar refractivity (Wildman–Crippen MR) is 93.5 cm³/mol. The highest BCUT2D eigenvalue weighted by Crippen LogP contribution is 2.27. The third-order valence-electron chi connectivity index (χ3n) is 4.88. The molecule has 0 N–H and O–H groups in total. The lowest BCUT2D eigenvalue weighted by molar-refractivity contribution is -0.136. The molecule has 1 fully saturated rings. The van der Waals surface area contributed by atoms with Gasteiger partial charge < -0.3 is 9.80 Å². The van der Waals surface area contributed by atoms with Crippen molar-refractivity contribution in [2.45, 2.75) is 47.5 Å². The molecule has 0 atom stereocenters. The molecule has 1 amide bonds. The summed E-state index contributed by atoms with van der Waals surface area (Å²) in [6.07, 6.45) is 1.90. The van der Waals surface area contributed by atoms with Crippen LogP contribution in [-0.2, 0) is 4.79 Å². The van der Waals surface area contributed by atoms with Crippen LogP contribution in [0.25, 0.3) is 0 Å². The smallest absolute Gasteiger partial charge is 0.225 e. The monoisotopic (exact) mass is 302 g/mol. The number of hydrogen-bond acceptors (Lipinski definition) is 2. The van der Waals surface area contributed by atoms with Gasteiger partial charge >= 0.3 is 0 Å². The average molecular weight is 302 g/mol. The van der Waals surface area contributed by atoms with Crippen LogP contribution >= 0.6 is 0 Å². The van der Waals surface area contributed by atoms with Crippen LogP contribution in [0.4, 0.5) is 5.69 Å². The minimum atomic E-state index is 0.203. The molecule has 0 saturated carbocycles. The number of nitrogens with zero attached hydrogens (tertiary/aromatic N) is 2. The molecule has 22 heavy (non-hydrogen) atoms. The third kappa shape index (κ3) is 3.45. The lowest BCUT2D eigenvalue weighted by Gasteiger charge is -2.38. The van der Waals surface area contributed by atoms with Crippen LogP contribution in [0.3, 0.4) is 0 Å². The Labute approximate surface area is 135 Å². The van der Waals surface area contributed by atoms with E-state index in [-0.39, 0.29) is 5.92 Å². The summed E-state index contributed by atoms with van der Waals surface area (Å²) in [5.41, 5.74) is 5.37. The Balaban J connectivity index is 2.05. The molecular weight excluding hydrogens is 272 g/mol. The maximum atomic E-state index is 12.5. The Morgan fingerprint density at radius 2 is 1.50 bits per heavy atom. The molecule has 0 unspecified atom stereocenters. The van der Waals surface area contributed by atoms with Crippen LogP contribution in [0.2, 0.25) is 0 Å². The van der Waals surface area contributed by atoms with E-state index in [4.69, 9.17) is 0 Å². The highest BCUT2D eigenvalue weighted by molar-refractivity contribution is 5.79. The van der Waals surface area contributed by atoms with Crippen molar-refractivity contribution in [3.8, 4) is 0 Å². The van der Waals surface area contributed by atoms with Gasteiger partial charge in [-0.1, -0.05) is 31.5 Å². The number of amides is 1. The number of piperazine rings is 1. The minimum Gasteiger partial charge on any atom is -0.368 e. The first-order valence-corrected chi connectivity index (χ1v) is 8.59. The van der Waals surface area contributed by atoms with Gasteiger partial charge in [-0.15, -0.1) is 0 Å². The van der Waals surface area contributed by atoms with Crippen molar-refractivity contribution in [3.05, 3.63) is 28.8 Å². The Morgan fingerprint density at radius 3 is 1.95 bits per heavy atom. The fourth-order valence-corrected chi connectivity index (χ4v) is 3.72. The molecule has 1 aromatic rings. The quantitative estimate of drug-likeness (QED) is 0.847. The standard InChI is InChI=1S/C19H30N2O/c1-6-17(7-2)19(22)21-10-8-20(9-11-21)18-15(4)12-14(3)13-16(18)5/h12-13,17H,6-11H2,1-5H3. The van der Waals surface area contributed by atoms with Gasteiger partial charge in [0.2, 0.25) is 5.91 Å². The first-order valence-electron chi connectivity index (χ1n) is 8.59. The molecule has 1 aromatic carbocycles. The summed E-state index contributed by atoms with van der Waals surface area (Å²) in [6, 6.07) is 4.51. The first kappa shape index (κ1) is 16.9. The van der Waals surface area contributed by atoms with Crippen LogP contribution in [-0.4, -0.2) is 37.0 Å². The zero-order valence-corrected chi connectivity index (χ0v) is 14.8. The lowest BCUT2D eigenvalue weighted by Crippen LogP contribution is -2.50. The molecular formula is C19H30N2O. The summed E-state index contributed by atoms with van der Waals surface area (Å²) >= 11 is 0. The molecule has 122 valence electrons. The number of rotatable bonds is 4. The zero-order valence-electron chi connectivity index (χ0n) is 14.8. The Hall–Kier alpha value is -1.51. The first-order chi connectivity index (χ1) is 10.5. The second-order valence-electron chi connectivity index (χ2n) is 6.57. The van der Waals surface area contributed by atoms with E-state index in [2.05, 4.69) is 56.6 Å². The average Bonchev–Trinajstić information content (AvgIpc) is 2.48. The second kappa shape index (κ2) is 7.17. The molecule has 1 saturated heterocycles. The number of anilines is 1. The number of benzene rings is 1. The summed E-state index contributed by atoms with van der Waals surface area (Å²) < 4.78 is 0. The van der Waals surface area contributed by atoms with Crippen molar-refractivity contribution in [1.29, 1.82) is 0 Å². The Kier molecular flexibility index (Phi) is 5.49. The van der Waals surface area contributed by atoms with Crippen molar-refractivity contribution in [2.75, 3.05) is 31.1 Å². The number of hydrogen-bond donors (Lipinski definition) is 0. The summed E-state index contributed by atoms with van der Waals surface area (Å²) in [4.78, 5) is 17.0. The van der Waals surface area contributed by atoms with Gasteiger partial charge in [0, 0.05) is 37.8 Å². The molecule has 1 aliphatic rings. The SMILES string of the molecule is CCC(CC)C(=O)N1CCN(c2c(C)cc(C)cc2C)CC1. The molecule has 0 aromatic heterocycles. The molecule has 0 radical (unpaired) electrons. The lowest BCUT2D eigenvalue weighted by atomic mass is 10.0. The van der Waals surface area contributed by atoms with Crippen molar-refractivity contribution >= 4 is 11.6 Å². The second-order valence-corrected chi connectivity index (χ2v) is 6.57. The van der Waals surface area contributed by atoms with Gasteiger partial charge in [-0.2, -0.15) is 0 Å². The van der Waals surface area contributed by atoms with Crippen molar-refractivity contribution < 1.29 is 4.79 Å². The van der Waals surface area contributed by atoms with Gasteiger partial charge in [-0.3, -0.25) is 4.79 Å². The van der Waals surface area contributed by atoms with E-state index in [0.29, 0.717) is 5.91 Å². The molecule has 2 rings (SSSR count). The van der Waals surface area contributed by atoms with Crippen LogP contribution in [0.1, 0.15) is 43.4 Å². The summed E-state index contributed by atoms with van der Waals surface area (Å²) in [7, 11) is 0. The van der Waals surface area contributed by atoms with Gasteiger partial charge in [0.05, 0.1) is 0 Å². The highest BCUT2D eigenvalue weighted by atomic mass is 16.2. The largest absolute Gasteiger partial charge is 0.368 e. The minimum absolute atomic E-state index is 0.203. The van der Waals surface area contributed by atoms with Crippen LogP contribution in [0.5, 0.6) is 0 Å². The maximum absolute atomic E-state index is 12.5. The molecule has 1 aliphatic heterocycles. The molecule has 0 spiro atoms. The van der Waals surface area contributed by atoms with E-state index in [0.717, 1.165) is 39.0 Å². The molecule has 0 bridgehead atoms. The summed E-state index contributed by atoms with van der Waals surface area (Å²) in [5, 5.41) is 0. The molecule has 3 heteroatoms. The highest BCUT2D eigenvalue weighted by Gasteiger charge is 2.26. The predicted octanol–water partition coefficient (Wildman–Crippen LogP) is 3.70. The fraction of sp³-hybridized carbons (Fsp3) is 0.632. The third-order valence-corrected chi connectivity index (χ3v) is 4.88. The van der Waals surface area contributed by atoms with Crippen molar-refractivity contribution in [3.63, 3.8) is 0 Å². The van der Waals surface area contributed by atoms with E-state index in [1.165, 1.54) is 22.4 Å². The molecule has 0 aliphatic carbocycles. The Bertz CT molecular complexity index is 503. The van der Waals surface area contributed by atoms with Gasteiger partial charge in [0.25, 0.3) is 0 Å². The number of carbonyl (C=O) groups is 1. The van der Waals surface area contributed by atoms with Gasteiger partial charge in [-0.25, -0.2) is 0 Å².